The summed E-state index contributed by atoms with van der Waals surface area (Å²) >= 11 is 6.24. The molecule has 0 spiro atoms. The van der Waals surface area contributed by atoms with Crippen molar-refractivity contribution in [2.45, 2.75) is 13.8 Å². The third-order valence-electron chi connectivity index (χ3n) is 5.24. The molecule has 0 aliphatic carbocycles. The van der Waals surface area contributed by atoms with Gasteiger partial charge >= 0.3 is 0 Å². The SMILES string of the molecule is COc1ccc(-c2[nH]n(-c3ccc(F)cc3)c(=O)c2C(C)=Nc2cccc(Cl)c2C)cc1. The molecular formula is C25H21ClFN3O2. The molecule has 162 valence electrons. The number of benzene rings is 3. The Morgan fingerprint density at radius 1 is 1.06 bits per heavy atom. The molecule has 0 aliphatic rings. The number of hydrogen-bond donors (Lipinski definition) is 1. The molecule has 7 heteroatoms. The molecule has 0 amide bonds. The minimum absolute atomic E-state index is 0.289. The molecule has 0 fully saturated rings. The van der Waals surface area contributed by atoms with Crippen LogP contribution < -0.4 is 10.3 Å². The average Bonchev–Trinajstić information content (AvgIpc) is 3.14. The number of rotatable bonds is 5. The van der Waals surface area contributed by atoms with Gasteiger partial charge in [0.05, 0.1) is 35.5 Å². The van der Waals surface area contributed by atoms with E-state index in [1.54, 1.807) is 32.2 Å². The van der Waals surface area contributed by atoms with Gasteiger partial charge in [-0.3, -0.25) is 14.9 Å². The first-order valence-corrected chi connectivity index (χ1v) is 10.3. The van der Waals surface area contributed by atoms with E-state index in [1.807, 2.05) is 43.3 Å². The van der Waals surface area contributed by atoms with Crippen LogP contribution in [-0.4, -0.2) is 22.6 Å². The number of halogens is 2. The third-order valence-corrected chi connectivity index (χ3v) is 5.65. The lowest BCUT2D eigenvalue weighted by atomic mass is 10.0. The number of aromatic nitrogens is 2. The third kappa shape index (κ3) is 4.09. The fraction of sp³-hybridized carbons (Fsp3) is 0.120. The number of ether oxygens (including phenoxy) is 1. The predicted octanol–water partition coefficient (Wildman–Crippen LogP) is 6.08. The Balaban J connectivity index is 1.92. The van der Waals surface area contributed by atoms with Gasteiger partial charge in [-0.1, -0.05) is 17.7 Å². The Bertz CT molecular complexity index is 1350. The second-order valence-corrected chi connectivity index (χ2v) is 7.70. The predicted molar refractivity (Wildman–Crippen MR) is 126 cm³/mol. The minimum Gasteiger partial charge on any atom is -0.497 e. The summed E-state index contributed by atoms with van der Waals surface area (Å²) in [7, 11) is 1.59. The number of hydrogen-bond acceptors (Lipinski definition) is 3. The van der Waals surface area contributed by atoms with Gasteiger partial charge < -0.3 is 4.74 Å². The van der Waals surface area contributed by atoms with Crippen molar-refractivity contribution >= 4 is 23.0 Å². The maximum Gasteiger partial charge on any atom is 0.280 e. The Kier molecular flexibility index (Phi) is 5.97. The van der Waals surface area contributed by atoms with Crippen molar-refractivity contribution in [3.8, 4) is 22.7 Å². The van der Waals surface area contributed by atoms with E-state index < -0.39 is 0 Å². The number of aliphatic imine (C=N–C) groups is 1. The minimum atomic E-state index is -0.377. The summed E-state index contributed by atoms with van der Waals surface area (Å²) in [5.74, 6) is 0.327. The highest BCUT2D eigenvalue weighted by Crippen LogP contribution is 2.28. The Hall–Kier alpha value is -3.64. The van der Waals surface area contributed by atoms with Gasteiger partial charge in [0.25, 0.3) is 5.56 Å². The Morgan fingerprint density at radius 2 is 1.75 bits per heavy atom. The highest BCUT2D eigenvalue weighted by Gasteiger charge is 2.20. The first-order valence-electron chi connectivity index (χ1n) is 9.95. The van der Waals surface area contributed by atoms with E-state index in [4.69, 9.17) is 21.3 Å². The topological polar surface area (TPSA) is 59.4 Å². The van der Waals surface area contributed by atoms with Gasteiger partial charge in [0.1, 0.15) is 11.6 Å². The smallest absolute Gasteiger partial charge is 0.280 e. The van der Waals surface area contributed by atoms with Crippen LogP contribution in [0.5, 0.6) is 5.75 Å². The summed E-state index contributed by atoms with van der Waals surface area (Å²) in [6, 6.07) is 18.5. The van der Waals surface area contributed by atoms with Gasteiger partial charge in [-0.2, -0.15) is 0 Å². The molecule has 0 bridgehead atoms. The lowest BCUT2D eigenvalue weighted by Crippen LogP contribution is -2.19. The van der Waals surface area contributed by atoms with E-state index in [-0.39, 0.29) is 11.4 Å². The largest absolute Gasteiger partial charge is 0.497 e. The van der Waals surface area contributed by atoms with Crippen molar-refractivity contribution in [2.24, 2.45) is 4.99 Å². The van der Waals surface area contributed by atoms with E-state index in [0.717, 1.165) is 11.1 Å². The molecule has 1 N–H and O–H groups in total. The van der Waals surface area contributed by atoms with Crippen molar-refractivity contribution in [3.05, 3.63) is 99.1 Å². The van der Waals surface area contributed by atoms with Crippen LogP contribution in [0.15, 0.2) is 76.5 Å². The zero-order chi connectivity index (χ0) is 22.8. The van der Waals surface area contributed by atoms with Gasteiger partial charge in [-0.25, -0.2) is 9.07 Å². The number of nitrogens with zero attached hydrogens (tertiary/aromatic N) is 2. The van der Waals surface area contributed by atoms with Crippen LogP contribution in [0.25, 0.3) is 16.9 Å². The molecule has 3 aromatic carbocycles. The van der Waals surface area contributed by atoms with Crippen molar-refractivity contribution in [2.75, 3.05) is 7.11 Å². The molecule has 32 heavy (non-hydrogen) atoms. The van der Waals surface area contributed by atoms with Crippen LogP contribution in [0.2, 0.25) is 5.02 Å². The second kappa shape index (κ2) is 8.85. The fourth-order valence-corrected chi connectivity index (χ4v) is 3.63. The summed E-state index contributed by atoms with van der Waals surface area (Å²) in [5, 5.41) is 3.77. The van der Waals surface area contributed by atoms with E-state index in [1.165, 1.54) is 16.8 Å². The number of nitrogens with one attached hydrogen (secondary N) is 1. The molecule has 4 rings (SSSR count). The maximum absolute atomic E-state index is 13.5. The molecule has 0 atom stereocenters. The van der Waals surface area contributed by atoms with Crippen molar-refractivity contribution in [1.82, 2.24) is 9.78 Å². The molecule has 0 unspecified atom stereocenters. The Morgan fingerprint density at radius 3 is 2.41 bits per heavy atom. The summed E-state index contributed by atoms with van der Waals surface area (Å²) in [6.45, 7) is 3.67. The molecule has 0 saturated carbocycles. The van der Waals surface area contributed by atoms with Crippen LogP contribution >= 0.6 is 11.6 Å². The van der Waals surface area contributed by atoms with Crippen LogP contribution in [0.3, 0.4) is 0 Å². The molecule has 4 aromatic rings. The standard InChI is InChI=1S/C25H21ClFN3O2/c1-15-21(26)5-4-6-22(15)28-16(2)23-24(17-7-13-20(32-3)14-8-17)29-30(25(23)31)19-11-9-18(27)10-12-19/h4-14,29H,1-3H3. The van der Waals surface area contributed by atoms with E-state index >= 15 is 0 Å². The second-order valence-electron chi connectivity index (χ2n) is 7.29. The summed E-state index contributed by atoms with van der Waals surface area (Å²) in [6.07, 6.45) is 0. The van der Waals surface area contributed by atoms with Crippen LogP contribution in [-0.2, 0) is 0 Å². The van der Waals surface area contributed by atoms with Crippen LogP contribution in [0.1, 0.15) is 18.1 Å². The zero-order valence-electron chi connectivity index (χ0n) is 17.8. The fourth-order valence-electron chi connectivity index (χ4n) is 3.47. The quantitative estimate of drug-likeness (QED) is 0.375. The van der Waals surface area contributed by atoms with E-state index in [0.29, 0.717) is 39.1 Å². The Labute approximate surface area is 189 Å². The molecule has 1 heterocycles. The summed E-state index contributed by atoms with van der Waals surface area (Å²) < 4.78 is 20.1. The highest BCUT2D eigenvalue weighted by atomic mass is 35.5. The number of methoxy groups -OCH3 is 1. The number of H-pyrrole nitrogens is 1. The molecule has 0 saturated heterocycles. The van der Waals surface area contributed by atoms with Crippen molar-refractivity contribution < 1.29 is 9.13 Å². The number of aromatic amines is 1. The van der Waals surface area contributed by atoms with Gasteiger partial charge in [0, 0.05) is 10.6 Å². The van der Waals surface area contributed by atoms with E-state index in [9.17, 15) is 9.18 Å². The zero-order valence-corrected chi connectivity index (χ0v) is 18.6. The van der Waals surface area contributed by atoms with E-state index in [2.05, 4.69) is 5.10 Å². The summed E-state index contributed by atoms with van der Waals surface area (Å²) in [4.78, 5) is 18.2. The molecular weight excluding hydrogens is 429 g/mol. The van der Waals surface area contributed by atoms with Crippen molar-refractivity contribution in [1.29, 1.82) is 0 Å². The van der Waals surface area contributed by atoms with Gasteiger partial charge in [0.15, 0.2) is 0 Å². The summed E-state index contributed by atoms with van der Waals surface area (Å²) in [5.41, 5.74) is 4.08. The lowest BCUT2D eigenvalue weighted by molar-refractivity contribution is 0.415. The van der Waals surface area contributed by atoms with Crippen molar-refractivity contribution in [3.63, 3.8) is 0 Å². The van der Waals surface area contributed by atoms with Gasteiger partial charge in [-0.15, -0.1) is 0 Å². The van der Waals surface area contributed by atoms with Gasteiger partial charge in [0.2, 0.25) is 0 Å². The molecule has 5 nitrogen and oxygen atoms in total. The average molecular weight is 450 g/mol. The lowest BCUT2D eigenvalue weighted by Gasteiger charge is -2.06. The normalized spacial score (nSPS) is 11.6. The monoisotopic (exact) mass is 449 g/mol. The molecule has 0 radical (unpaired) electrons. The van der Waals surface area contributed by atoms with Gasteiger partial charge in [-0.05, 0) is 80.1 Å². The molecule has 1 aromatic heterocycles. The van der Waals surface area contributed by atoms with Crippen LogP contribution in [0.4, 0.5) is 10.1 Å². The first-order chi connectivity index (χ1) is 15.4. The maximum atomic E-state index is 13.5. The highest BCUT2D eigenvalue weighted by molar-refractivity contribution is 6.31. The van der Waals surface area contributed by atoms with Crippen LogP contribution in [0, 0.1) is 12.7 Å². The molecule has 0 aliphatic heterocycles. The first kappa shape index (κ1) is 21.6.